The van der Waals surface area contributed by atoms with E-state index in [4.69, 9.17) is 9.47 Å². The molecular weight excluding hydrogens is 678 g/mol. The van der Waals surface area contributed by atoms with Gasteiger partial charge in [-0.3, -0.25) is 14.3 Å². The van der Waals surface area contributed by atoms with Gasteiger partial charge in [0.15, 0.2) is 17.3 Å². The summed E-state index contributed by atoms with van der Waals surface area (Å²) in [6.45, 7) is 5.26. The molecule has 4 aromatic rings. The molecule has 1 aliphatic rings. The van der Waals surface area contributed by atoms with Gasteiger partial charge in [0.2, 0.25) is 16.0 Å². The Bertz CT molecular complexity index is 1660. The number of hydrogen-bond donors (Lipinski definition) is 1. The van der Waals surface area contributed by atoms with Crippen LogP contribution in [0.4, 0.5) is 5.95 Å². The number of sulfonamides is 1. The van der Waals surface area contributed by atoms with Gasteiger partial charge in [-0.15, -0.1) is 10.2 Å². The first-order chi connectivity index (χ1) is 19.6. The highest BCUT2D eigenvalue weighted by atomic mass is 79.9. The van der Waals surface area contributed by atoms with Gasteiger partial charge in [0.25, 0.3) is 0 Å². The quantitative estimate of drug-likeness (QED) is 0.218. The minimum Gasteiger partial charge on any atom is -0.493 e. The third-order valence-electron chi connectivity index (χ3n) is 7.11. The minimum absolute atomic E-state index is 0.0395. The average Bonchev–Trinajstić information content (AvgIpc) is 3.73. The molecule has 1 N–H and O–H groups in total. The van der Waals surface area contributed by atoms with Crippen LogP contribution in [0.15, 0.2) is 45.9 Å². The summed E-state index contributed by atoms with van der Waals surface area (Å²) in [7, 11) is -0.977. The monoisotopic (exact) mass is 705 g/mol. The van der Waals surface area contributed by atoms with Gasteiger partial charge in [0.05, 0.1) is 28.4 Å². The van der Waals surface area contributed by atoms with E-state index in [1.807, 2.05) is 19.2 Å². The molecule has 1 saturated carbocycles. The van der Waals surface area contributed by atoms with Crippen molar-refractivity contribution in [2.24, 2.45) is 0 Å². The van der Waals surface area contributed by atoms with Crippen molar-refractivity contribution >= 4 is 47.8 Å². The second kappa shape index (κ2) is 11.6. The van der Waals surface area contributed by atoms with Crippen LogP contribution in [-0.2, 0) is 10.0 Å². The number of ether oxygens (including phenoxy) is 2. The molecule has 3 aromatic heterocycles. The first kappa shape index (κ1) is 29.4. The standard InChI is InChI=1S/C27H29Br2N7O4S/c1-14-10-31-25(32-11-14)15(2)16(3)41(37,38)35-27-34-33-26(19-8-18(12-30-13-19)17-6-7-17)36(27)22-23(39-4)20(28)9-21(29)24(22)40-5/h8-13,15-17H,6-7H2,1-5H3,(H,34,35)/t15-,16-/m0/s1. The summed E-state index contributed by atoms with van der Waals surface area (Å²) in [5.74, 6) is 1.49. The molecular formula is C27H29Br2N7O4S. The van der Waals surface area contributed by atoms with E-state index in [1.54, 1.807) is 43.1 Å². The van der Waals surface area contributed by atoms with Gasteiger partial charge in [0.1, 0.15) is 11.5 Å². The fraction of sp³-hybridized carbons (Fsp3) is 0.370. The topological polar surface area (TPSA) is 134 Å². The number of aromatic nitrogens is 6. The van der Waals surface area contributed by atoms with Crippen LogP contribution in [0, 0.1) is 6.92 Å². The second-order valence-electron chi connectivity index (χ2n) is 9.98. The maximum Gasteiger partial charge on any atom is 0.243 e. The Hall–Kier alpha value is -3.10. The molecule has 0 saturated heterocycles. The van der Waals surface area contributed by atoms with Crippen LogP contribution in [0.2, 0.25) is 0 Å². The lowest BCUT2D eigenvalue weighted by Crippen LogP contribution is -2.31. The van der Waals surface area contributed by atoms with Crippen LogP contribution in [-0.4, -0.2) is 57.6 Å². The smallest absolute Gasteiger partial charge is 0.243 e. The van der Waals surface area contributed by atoms with Crippen molar-refractivity contribution in [2.75, 3.05) is 18.9 Å². The van der Waals surface area contributed by atoms with E-state index in [1.165, 1.54) is 14.2 Å². The number of hydrogen-bond acceptors (Lipinski definition) is 9. The normalized spacial score (nSPS) is 14.9. The zero-order valence-electron chi connectivity index (χ0n) is 23.1. The first-order valence-electron chi connectivity index (χ1n) is 12.9. The Balaban J connectivity index is 1.66. The van der Waals surface area contributed by atoms with Gasteiger partial charge in [-0.2, -0.15) is 0 Å². The van der Waals surface area contributed by atoms with Crippen molar-refractivity contribution in [2.45, 2.75) is 50.7 Å². The molecule has 0 unspecified atom stereocenters. The van der Waals surface area contributed by atoms with Crippen molar-refractivity contribution in [3.8, 4) is 28.6 Å². The third-order valence-corrected chi connectivity index (χ3v) is 10.1. The number of nitrogens with zero attached hydrogens (tertiary/aromatic N) is 6. The van der Waals surface area contributed by atoms with E-state index in [0.29, 0.717) is 49.3 Å². The fourth-order valence-electron chi connectivity index (χ4n) is 4.47. The summed E-state index contributed by atoms with van der Waals surface area (Å²) in [6.07, 6.45) is 9.06. The summed E-state index contributed by atoms with van der Waals surface area (Å²) in [5.41, 5.74) is 3.04. The molecule has 0 bridgehead atoms. The molecule has 14 heteroatoms. The van der Waals surface area contributed by atoms with E-state index in [2.05, 4.69) is 61.7 Å². The Morgan fingerprint density at radius 3 is 2.20 bits per heavy atom. The molecule has 3 heterocycles. The zero-order chi connectivity index (χ0) is 29.5. The highest BCUT2D eigenvalue weighted by Crippen LogP contribution is 2.47. The van der Waals surface area contributed by atoms with Crippen molar-refractivity contribution in [3.05, 3.63) is 62.8 Å². The number of rotatable bonds is 10. The number of nitrogens with one attached hydrogen (secondary N) is 1. The van der Waals surface area contributed by atoms with E-state index in [-0.39, 0.29) is 5.95 Å². The predicted molar refractivity (Wildman–Crippen MR) is 162 cm³/mol. The molecule has 5 rings (SSSR count). The van der Waals surface area contributed by atoms with Gasteiger partial charge in [0, 0.05) is 36.3 Å². The molecule has 11 nitrogen and oxygen atoms in total. The SMILES string of the molecule is COc1c(Br)cc(Br)c(OC)c1-n1c(NS(=O)(=O)[C@@H](C)[C@H](C)c2ncc(C)cn2)nnc1-c1cncc(C2CC2)c1. The maximum atomic E-state index is 13.8. The summed E-state index contributed by atoms with van der Waals surface area (Å²) in [5, 5.41) is 7.83. The van der Waals surface area contributed by atoms with Gasteiger partial charge >= 0.3 is 0 Å². The predicted octanol–water partition coefficient (Wildman–Crippen LogP) is 5.78. The highest BCUT2D eigenvalue weighted by Gasteiger charge is 2.33. The molecule has 1 fully saturated rings. The Morgan fingerprint density at radius 2 is 1.61 bits per heavy atom. The number of aryl methyl sites for hydroxylation is 1. The molecule has 216 valence electrons. The molecule has 0 aliphatic heterocycles. The maximum absolute atomic E-state index is 13.8. The summed E-state index contributed by atoms with van der Waals surface area (Å²) >= 11 is 7.11. The van der Waals surface area contributed by atoms with Gasteiger partial charge in [-0.25, -0.2) is 18.4 Å². The van der Waals surface area contributed by atoms with Crippen LogP contribution >= 0.6 is 31.9 Å². The number of halogens is 2. The van der Waals surface area contributed by atoms with Crippen molar-refractivity contribution in [1.29, 1.82) is 0 Å². The summed E-state index contributed by atoms with van der Waals surface area (Å²) in [4.78, 5) is 13.1. The Morgan fingerprint density at radius 1 is 0.976 bits per heavy atom. The number of pyridine rings is 1. The number of anilines is 1. The molecule has 2 atom stereocenters. The van der Waals surface area contributed by atoms with Crippen LogP contribution in [0.1, 0.15) is 55.5 Å². The highest BCUT2D eigenvalue weighted by molar-refractivity contribution is 9.11. The van der Waals surface area contributed by atoms with E-state index in [9.17, 15) is 8.42 Å². The third kappa shape index (κ3) is 5.82. The minimum atomic E-state index is -4.02. The molecule has 0 spiro atoms. The van der Waals surface area contributed by atoms with E-state index in [0.717, 1.165) is 24.0 Å². The Labute approximate surface area is 255 Å². The molecule has 1 aliphatic carbocycles. The van der Waals surface area contributed by atoms with Crippen LogP contribution in [0.25, 0.3) is 17.1 Å². The lowest BCUT2D eigenvalue weighted by Gasteiger charge is -2.22. The number of benzene rings is 1. The van der Waals surface area contributed by atoms with Gasteiger partial charge < -0.3 is 9.47 Å². The molecule has 1 aromatic carbocycles. The van der Waals surface area contributed by atoms with Crippen molar-refractivity contribution in [3.63, 3.8) is 0 Å². The Kier molecular flexibility index (Phi) is 8.35. The van der Waals surface area contributed by atoms with Crippen molar-refractivity contribution < 1.29 is 17.9 Å². The van der Waals surface area contributed by atoms with Gasteiger partial charge in [-0.05, 0) is 87.7 Å². The molecule has 0 radical (unpaired) electrons. The average molecular weight is 707 g/mol. The largest absolute Gasteiger partial charge is 0.493 e. The van der Waals surface area contributed by atoms with Gasteiger partial charge in [-0.1, -0.05) is 6.92 Å². The number of methoxy groups -OCH3 is 2. The van der Waals surface area contributed by atoms with Crippen LogP contribution < -0.4 is 14.2 Å². The lowest BCUT2D eigenvalue weighted by molar-refractivity contribution is 0.388. The summed E-state index contributed by atoms with van der Waals surface area (Å²) < 4.78 is 44.5. The van der Waals surface area contributed by atoms with E-state index < -0.39 is 21.2 Å². The summed E-state index contributed by atoms with van der Waals surface area (Å²) in [6, 6.07) is 3.80. The molecule has 0 amide bonds. The van der Waals surface area contributed by atoms with Crippen LogP contribution in [0.3, 0.4) is 0 Å². The second-order valence-corrected chi connectivity index (χ2v) is 13.7. The molecule has 41 heavy (non-hydrogen) atoms. The van der Waals surface area contributed by atoms with Crippen molar-refractivity contribution in [1.82, 2.24) is 29.7 Å². The fourth-order valence-corrected chi connectivity index (χ4v) is 7.16. The van der Waals surface area contributed by atoms with E-state index >= 15 is 0 Å². The first-order valence-corrected chi connectivity index (χ1v) is 16.0. The zero-order valence-corrected chi connectivity index (χ0v) is 27.1. The van der Waals surface area contributed by atoms with Crippen LogP contribution in [0.5, 0.6) is 11.5 Å². The lowest BCUT2D eigenvalue weighted by atomic mass is 10.1.